The Kier molecular flexibility index (Phi) is 6.56. The van der Waals surface area contributed by atoms with E-state index in [1.54, 1.807) is 18.2 Å². The van der Waals surface area contributed by atoms with Crippen molar-refractivity contribution >= 4 is 33.2 Å². The number of aliphatic hydroxyl groups is 1. The molecule has 0 saturated carbocycles. The van der Waals surface area contributed by atoms with Crippen molar-refractivity contribution in [1.82, 2.24) is 4.72 Å². The van der Waals surface area contributed by atoms with Gasteiger partial charge in [0, 0.05) is 28.3 Å². The molecule has 7 heteroatoms. The van der Waals surface area contributed by atoms with Crippen LogP contribution in [0.2, 0.25) is 10.0 Å². The Labute approximate surface area is 123 Å². The molecule has 0 amide bonds. The molecule has 0 aliphatic heterocycles. The summed E-state index contributed by atoms with van der Waals surface area (Å²) in [7, 11) is -3.54. The molecule has 19 heavy (non-hydrogen) atoms. The molecule has 1 aromatic carbocycles. The maximum absolute atomic E-state index is 12.0. The predicted octanol–water partition coefficient (Wildman–Crippen LogP) is 2.57. The van der Waals surface area contributed by atoms with Crippen molar-refractivity contribution in [2.45, 2.75) is 31.6 Å². The van der Waals surface area contributed by atoms with Gasteiger partial charge in [-0.25, -0.2) is 13.1 Å². The van der Waals surface area contributed by atoms with Gasteiger partial charge in [0.05, 0.1) is 5.75 Å². The van der Waals surface area contributed by atoms with E-state index in [0.29, 0.717) is 28.5 Å². The zero-order valence-corrected chi connectivity index (χ0v) is 12.9. The molecule has 0 aliphatic rings. The highest BCUT2D eigenvalue weighted by molar-refractivity contribution is 7.88. The van der Waals surface area contributed by atoms with Crippen LogP contribution in [-0.4, -0.2) is 26.2 Å². The lowest BCUT2D eigenvalue weighted by atomic mass is 10.2. The summed E-state index contributed by atoms with van der Waals surface area (Å²) < 4.78 is 26.6. The number of aliphatic hydroxyl groups excluding tert-OH is 1. The summed E-state index contributed by atoms with van der Waals surface area (Å²) in [5, 5.41) is 9.52. The second kappa shape index (κ2) is 7.45. The van der Waals surface area contributed by atoms with E-state index in [4.69, 9.17) is 28.3 Å². The van der Waals surface area contributed by atoms with Crippen LogP contribution in [0.15, 0.2) is 18.2 Å². The highest BCUT2D eigenvalue weighted by Crippen LogP contribution is 2.26. The fourth-order valence-corrected chi connectivity index (χ4v) is 3.91. The summed E-state index contributed by atoms with van der Waals surface area (Å²) in [4.78, 5) is 0. The zero-order chi connectivity index (χ0) is 14.5. The van der Waals surface area contributed by atoms with Crippen LogP contribution < -0.4 is 4.72 Å². The number of benzene rings is 1. The van der Waals surface area contributed by atoms with Crippen LogP contribution in [0.5, 0.6) is 0 Å². The Balaban J connectivity index is 2.85. The highest BCUT2D eigenvalue weighted by atomic mass is 35.5. The van der Waals surface area contributed by atoms with Gasteiger partial charge in [0.25, 0.3) is 0 Å². The number of hydrogen-bond donors (Lipinski definition) is 2. The van der Waals surface area contributed by atoms with Crippen molar-refractivity contribution in [2.75, 3.05) is 6.61 Å². The summed E-state index contributed by atoms with van der Waals surface area (Å²) in [6.07, 6.45) is 0.988. The second-order valence-electron chi connectivity index (χ2n) is 4.19. The standard InChI is InChI=1S/C12H17Cl2NO3S/c1-2-9(6-7-16)15-19(17,18)8-10-11(13)4-3-5-12(10)14/h3-5,9,15-16H,2,6-8H2,1H3. The van der Waals surface area contributed by atoms with Crippen molar-refractivity contribution in [2.24, 2.45) is 0 Å². The van der Waals surface area contributed by atoms with E-state index in [1.807, 2.05) is 6.92 Å². The summed E-state index contributed by atoms with van der Waals surface area (Å²) in [5.41, 5.74) is 0.386. The van der Waals surface area contributed by atoms with Gasteiger partial charge in [-0.1, -0.05) is 36.2 Å². The molecule has 0 spiro atoms. The van der Waals surface area contributed by atoms with E-state index in [9.17, 15) is 8.42 Å². The monoisotopic (exact) mass is 325 g/mol. The third kappa shape index (κ3) is 5.28. The molecule has 2 N–H and O–H groups in total. The number of rotatable bonds is 7. The van der Waals surface area contributed by atoms with Gasteiger partial charge in [-0.05, 0) is 25.0 Å². The second-order valence-corrected chi connectivity index (χ2v) is 6.76. The Morgan fingerprint density at radius 1 is 1.32 bits per heavy atom. The van der Waals surface area contributed by atoms with Crippen LogP contribution in [0.1, 0.15) is 25.3 Å². The molecule has 0 bridgehead atoms. The molecular formula is C12H17Cl2NO3S. The number of nitrogens with one attached hydrogen (secondary N) is 1. The van der Waals surface area contributed by atoms with Crippen molar-refractivity contribution < 1.29 is 13.5 Å². The Morgan fingerprint density at radius 2 is 1.89 bits per heavy atom. The van der Waals surface area contributed by atoms with Gasteiger partial charge in [0.15, 0.2) is 0 Å². The van der Waals surface area contributed by atoms with Gasteiger partial charge < -0.3 is 5.11 Å². The smallest absolute Gasteiger partial charge is 0.216 e. The summed E-state index contributed by atoms with van der Waals surface area (Å²) in [5.74, 6) is -0.270. The van der Waals surface area contributed by atoms with Gasteiger partial charge in [0.2, 0.25) is 10.0 Å². The van der Waals surface area contributed by atoms with Gasteiger partial charge in [-0.15, -0.1) is 0 Å². The van der Waals surface area contributed by atoms with Crippen LogP contribution >= 0.6 is 23.2 Å². The van der Waals surface area contributed by atoms with Crippen molar-refractivity contribution in [3.05, 3.63) is 33.8 Å². The van der Waals surface area contributed by atoms with Crippen molar-refractivity contribution in [3.8, 4) is 0 Å². The quantitative estimate of drug-likeness (QED) is 0.809. The fraction of sp³-hybridized carbons (Fsp3) is 0.500. The van der Waals surface area contributed by atoms with Crippen molar-refractivity contribution in [1.29, 1.82) is 0 Å². The molecule has 4 nitrogen and oxygen atoms in total. The van der Waals surface area contributed by atoms with E-state index in [1.165, 1.54) is 0 Å². The van der Waals surface area contributed by atoms with E-state index in [0.717, 1.165) is 0 Å². The molecule has 0 fully saturated rings. The molecule has 0 heterocycles. The van der Waals surface area contributed by atoms with Crippen LogP contribution in [0, 0.1) is 0 Å². The van der Waals surface area contributed by atoms with Gasteiger partial charge in [0.1, 0.15) is 0 Å². The fourth-order valence-electron chi connectivity index (χ4n) is 1.66. The number of hydrogen-bond acceptors (Lipinski definition) is 3. The van der Waals surface area contributed by atoms with E-state index in [-0.39, 0.29) is 18.4 Å². The average Bonchev–Trinajstić information content (AvgIpc) is 2.33. The molecule has 1 atom stereocenters. The third-order valence-corrected chi connectivity index (χ3v) is 4.78. The molecule has 108 valence electrons. The molecule has 0 aliphatic carbocycles. The lowest BCUT2D eigenvalue weighted by molar-refractivity contribution is 0.270. The Morgan fingerprint density at radius 3 is 2.37 bits per heavy atom. The van der Waals surface area contributed by atoms with E-state index in [2.05, 4.69) is 4.72 Å². The zero-order valence-electron chi connectivity index (χ0n) is 10.6. The maximum Gasteiger partial charge on any atom is 0.216 e. The average molecular weight is 326 g/mol. The first kappa shape index (κ1) is 16.7. The van der Waals surface area contributed by atoms with Gasteiger partial charge in [-0.2, -0.15) is 0 Å². The first-order valence-electron chi connectivity index (χ1n) is 5.93. The lowest BCUT2D eigenvalue weighted by Gasteiger charge is -2.16. The molecule has 0 radical (unpaired) electrons. The first-order chi connectivity index (χ1) is 8.89. The lowest BCUT2D eigenvalue weighted by Crippen LogP contribution is -2.35. The summed E-state index contributed by atoms with van der Waals surface area (Å²) in [6, 6.07) is 4.58. The predicted molar refractivity (Wildman–Crippen MR) is 78.0 cm³/mol. The van der Waals surface area contributed by atoms with Crippen molar-refractivity contribution in [3.63, 3.8) is 0 Å². The maximum atomic E-state index is 12.0. The molecule has 0 aromatic heterocycles. The van der Waals surface area contributed by atoms with Gasteiger partial charge in [-0.3, -0.25) is 0 Å². The summed E-state index contributed by atoms with van der Waals surface area (Å²) >= 11 is 11.9. The topological polar surface area (TPSA) is 66.4 Å². The molecule has 0 saturated heterocycles. The normalized spacial score (nSPS) is 13.5. The highest BCUT2D eigenvalue weighted by Gasteiger charge is 2.19. The van der Waals surface area contributed by atoms with E-state index < -0.39 is 10.0 Å². The molecule has 1 aromatic rings. The van der Waals surface area contributed by atoms with Crippen LogP contribution in [0.3, 0.4) is 0 Å². The van der Waals surface area contributed by atoms with E-state index >= 15 is 0 Å². The Bertz CT molecular complexity index is 499. The van der Waals surface area contributed by atoms with Crippen LogP contribution in [-0.2, 0) is 15.8 Å². The van der Waals surface area contributed by atoms with Gasteiger partial charge >= 0.3 is 0 Å². The summed E-state index contributed by atoms with van der Waals surface area (Å²) in [6.45, 7) is 1.79. The Hall–Kier alpha value is -0.330. The number of sulfonamides is 1. The minimum atomic E-state index is -3.54. The molecule has 1 unspecified atom stereocenters. The minimum absolute atomic E-state index is 0.0616. The first-order valence-corrected chi connectivity index (χ1v) is 8.34. The minimum Gasteiger partial charge on any atom is -0.396 e. The van der Waals surface area contributed by atoms with Crippen LogP contribution in [0.25, 0.3) is 0 Å². The largest absolute Gasteiger partial charge is 0.396 e. The molecule has 1 rings (SSSR count). The molecular weight excluding hydrogens is 309 g/mol. The SMILES string of the molecule is CCC(CCO)NS(=O)(=O)Cc1c(Cl)cccc1Cl. The number of halogens is 2. The van der Waals surface area contributed by atoms with Crippen LogP contribution in [0.4, 0.5) is 0 Å². The third-order valence-electron chi connectivity index (χ3n) is 2.71.